The lowest BCUT2D eigenvalue weighted by atomic mass is 10.00. The van der Waals surface area contributed by atoms with Crippen molar-refractivity contribution in [2.45, 2.75) is 12.8 Å². The fraction of sp³-hybridized carbons (Fsp3) is 0.385. The zero-order chi connectivity index (χ0) is 11.5. The summed E-state index contributed by atoms with van der Waals surface area (Å²) in [6.07, 6.45) is 9.83. The largest absolute Gasteiger partial charge is 0.316 e. The summed E-state index contributed by atoms with van der Waals surface area (Å²) in [6, 6.07) is 4.22. The first-order valence-electron chi connectivity index (χ1n) is 6.06. The molecule has 17 heavy (non-hydrogen) atoms. The van der Waals surface area contributed by atoms with E-state index in [1.807, 2.05) is 17.0 Å². The van der Waals surface area contributed by atoms with Crippen LogP contribution in [-0.2, 0) is 6.42 Å². The fourth-order valence-electron chi connectivity index (χ4n) is 2.31. The molecule has 1 aliphatic rings. The van der Waals surface area contributed by atoms with E-state index in [-0.39, 0.29) is 0 Å². The maximum atomic E-state index is 4.47. The van der Waals surface area contributed by atoms with Crippen molar-refractivity contribution < 1.29 is 0 Å². The van der Waals surface area contributed by atoms with Crippen molar-refractivity contribution in [3.05, 3.63) is 42.6 Å². The minimum atomic E-state index is 0.774. The Hall–Kier alpha value is -1.68. The quantitative estimate of drug-likeness (QED) is 0.864. The molecule has 0 bridgehead atoms. The Morgan fingerprint density at radius 2 is 2.41 bits per heavy atom. The first-order valence-corrected chi connectivity index (χ1v) is 6.06. The SMILES string of the molecule is c1cn(-c2ccc(C[C@H]3CCNC3)cn2)cn1. The molecule has 2 aromatic rings. The van der Waals surface area contributed by atoms with Gasteiger partial charge in [0.1, 0.15) is 12.1 Å². The number of rotatable bonds is 3. The summed E-state index contributed by atoms with van der Waals surface area (Å²) < 4.78 is 1.92. The monoisotopic (exact) mass is 228 g/mol. The van der Waals surface area contributed by atoms with Crippen molar-refractivity contribution in [1.29, 1.82) is 0 Å². The van der Waals surface area contributed by atoms with Crippen LogP contribution >= 0.6 is 0 Å². The van der Waals surface area contributed by atoms with E-state index in [1.165, 1.54) is 12.0 Å². The Balaban J connectivity index is 1.71. The van der Waals surface area contributed by atoms with Crippen LogP contribution in [0.25, 0.3) is 5.82 Å². The number of nitrogens with zero attached hydrogens (tertiary/aromatic N) is 3. The van der Waals surface area contributed by atoms with Crippen molar-refractivity contribution >= 4 is 0 Å². The minimum absolute atomic E-state index is 0.774. The molecule has 4 heteroatoms. The van der Waals surface area contributed by atoms with Gasteiger partial charge in [-0.2, -0.15) is 0 Å². The maximum Gasteiger partial charge on any atom is 0.137 e. The van der Waals surface area contributed by atoms with E-state index >= 15 is 0 Å². The average Bonchev–Trinajstić information content (AvgIpc) is 3.01. The Morgan fingerprint density at radius 1 is 1.41 bits per heavy atom. The third-order valence-electron chi connectivity index (χ3n) is 3.26. The zero-order valence-corrected chi connectivity index (χ0v) is 9.71. The molecule has 3 heterocycles. The third kappa shape index (κ3) is 2.36. The Labute approximate surface area is 101 Å². The zero-order valence-electron chi connectivity index (χ0n) is 9.71. The second kappa shape index (κ2) is 4.67. The highest BCUT2D eigenvalue weighted by molar-refractivity contribution is 5.25. The van der Waals surface area contributed by atoms with Crippen LogP contribution in [0.1, 0.15) is 12.0 Å². The molecular weight excluding hydrogens is 212 g/mol. The van der Waals surface area contributed by atoms with Gasteiger partial charge in [-0.25, -0.2) is 9.97 Å². The lowest BCUT2D eigenvalue weighted by molar-refractivity contribution is 0.579. The Bertz CT molecular complexity index is 455. The first kappa shape index (κ1) is 10.5. The molecule has 1 aliphatic heterocycles. The molecule has 0 spiro atoms. The van der Waals surface area contributed by atoms with Gasteiger partial charge in [-0.1, -0.05) is 6.07 Å². The van der Waals surface area contributed by atoms with E-state index < -0.39 is 0 Å². The standard InChI is InChI=1S/C13H16N4/c1-2-13(17-6-5-15-10-17)16-9-11(1)7-12-3-4-14-8-12/h1-2,5-6,9-10,12,14H,3-4,7-8H2/t12-/m1/s1. The molecule has 0 radical (unpaired) electrons. The van der Waals surface area contributed by atoms with Gasteiger partial charge in [0.15, 0.2) is 0 Å². The highest BCUT2D eigenvalue weighted by Crippen LogP contribution is 2.15. The summed E-state index contributed by atoms with van der Waals surface area (Å²) in [5.41, 5.74) is 1.32. The summed E-state index contributed by atoms with van der Waals surface area (Å²) in [5, 5.41) is 3.39. The molecule has 1 saturated heterocycles. The van der Waals surface area contributed by atoms with Gasteiger partial charge in [0.2, 0.25) is 0 Å². The van der Waals surface area contributed by atoms with Gasteiger partial charge < -0.3 is 5.32 Å². The fourth-order valence-corrected chi connectivity index (χ4v) is 2.31. The minimum Gasteiger partial charge on any atom is -0.316 e. The average molecular weight is 228 g/mol. The molecule has 0 aliphatic carbocycles. The van der Waals surface area contributed by atoms with Gasteiger partial charge in [0.25, 0.3) is 0 Å². The van der Waals surface area contributed by atoms with Gasteiger partial charge in [-0.3, -0.25) is 4.57 Å². The van der Waals surface area contributed by atoms with Gasteiger partial charge in [-0.05, 0) is 43.5 Å². The van der Waals surface area contributed by atoms with E-state index in [2.05, 4.69) is 27.4 Å². The van der Waals surface area contributed by atoms with Gasteiger partial charge >= 0.3 is 0 Å². The van der Waals surface area contributed by atoms with E-state index in [0.717, 1.165) is 31.2 Å². The van der Waals surface area contributed by atoms with E-state index in [9.17, 15) is 0 Å². The Morgan fingerprint density at radius 3 is 3.06 bits per heavy atom. The number of nitrogens with one attached hydrogen (secondary N) is 1. The summed E-state index contributed by atoms with van der Waals surface area (Å²) in [4.78, 5) is 8.48. The van der Waals surface area contributed by atoms with Gasteiger partial charge in [-0.15, -0.1) is 0 Å². The van der Waals surface area contributed by atoms with Crippen LogP contribution in [0.3, 0.4) is 0 Å². The summed E-state index contributed by atoms with van der Waals surface area (Å²) in [5.74, 6) is 1.70. The molecule has 0 saturated carbocycles. The molecule has 1 N–H and O–H groups in total. The van der Waals surface area contributed by atoms with Crippen LogP contribution in [0.4, 0.5) is 0 Å². The molecule has 1 atom stereocenters. The summed E-state index contributed by atoms with van der Waals surface area (Å²) in [7, 11) is 0. The molecule has 88 valence electrons. The third-order valence-corrected chi connectivity index (χ3v) is 3.26. The highest BCUT2D eigenvalue weighted by Gasteiger charge is 2.14. The first-order chi connectivity index (χ1) is 8.42. The van der Waals surface area contributed by atoms with E-state index in [4.69, 9.17) is 0 Å². The predicted molar refractivity (Wildman–Crippen MR) is 66.0 cm³/mol. The molecule has 0 unspecified atom stereocenters. The van der Waals surface area contributed by atoms with Gasteiger partial charge in [0, 0.05) is 18.6 Å². The smallest absolute Gasteiger partial charge is 0.137 e. The van der Waals surface area contributed by atoms with Crippen molar-refractivity contribution in [2.75, 3.05) is 13.1 Å². The van der Waals surface area contributed by atoms with Crippen LogP contribution < -0.4 is 5.32 Å². The van der Waals surface area contributed by atoms with Crippen LogP contribution in [0.15, 0.2) is 37.1 Å². The highest BCUT2D eigenvalue weighted by atomic mass is 15.1. The van der Waals surface area contributed by atoms with E-state index in [0.29, 0.717) is 0 Å². The number of pyridine rings is 1. The number of imidazole rings is 1. The summed E-state index contributed by atoms with van der Waals surface area (Å²) in [6.45, 7) is 2.30. The molecule has 4 nitrogen and oxygen atoms in total. The van der Waals surface area contributed by atoms with E-state index in [1.54, 1.807) is 12.5 Å². The van der Waals surface area contributed by atoms with Crippen LogP contribution in [-0.4, -0.2) is 27.6 Å². The summed E-state index contributed by atoms with van der Waals surface area (Å²) >= 11 is 0. The molecule has 3 rings (SSSR count). The van der Waals surface area contributed by atoms with Crippen LogP contribution in [0.5, 0.6) is 0 Å². The number of hydrogen-bond acceptors (Lipinski definition) is 3. The predicted octanol–water partition coefficient (Wildman–Crippen LogP) is 1.42. The van der Waals surface area contributed by atoms with Crippen molar-refractivity contribution in [2.24, 2.45) is 5.92 Å². The number of aromatic nitrogens is 3. The van der Waals surface area contributed by atoms with Crippen LogP contribution in [0.2, 0.25) is 0 Å². The molecular formula is C13H16N4. The van der Waals surface area contributed by atoms with Crippen LogP contribution in [0, 0.1) is 5.92 Å². The molecule has 1 fully saturated rings. The maximum absolute atomic E-state index is 4.47. The van der Waals surface area contributed by atoms with Crippen molar-refractivity contribution in [1.82, 2.24) is 19.9 Å². The van der Waals surface area contributed by atoms with Crippen molar-refractivity contribution in [3.8, 4) is 5.82 Å². The van der Waals surface area contributed by atoms with Crippen molar-refractivity contribution in [3.63, 3.8) is 0 Å². The molecule has 0 aromatic carbocycles. The normalized spacial score (nSPS) is 19.6. The topological polar surface area (TPSA) is 42.7 Å². The lowest BCUT2D eigenvalue weighted by Gasteiger charge is -2.08. The van der Waals surface area contributed by atoms with Gasteiger partial charge in [0.05, 0.1) is 0 Å². The second-order valence-electron chi connectivity index (χ2n) is 4.56. The number of hydrogen-bond donors (Lipinski definition) is 1. The molecule has 2 aromatic heterocycles. The Kier molecular flexibility index (Phi) is 2.88. The lowest BCUT2D eigenvalue weighted by Crippen LogP contribution is -2.11. The molecule has 0 amide bonds. The second-order valence-corrected chi connectivity index (χ2v) is 4.56.